The summed E-state index contributed by atoms with van der Waals surface area (Å²) in [6.07, 6.45) is 5.62. The van der Waals surface area contributed by atoms with Gasteiger partial charge in [0.2, 0.25) is 5.91 Å². The van der Waals surface area contributed by atoms with Crippen molar-refractivity contribution in [2.24, 2.45) is 18.9 Å². The Labute approximate surface area is 189 Å². The molecule has 0 unspecified atom stereocenters. The molecular formula is C25H34FN3O3. The van der Waals surface area contributed by atoms with Crippen LogP contribution in [0.15, 0.2) is 18.2 Å². The molecule has 2 aliphatic rings. The number of amides is 2. The predicted molar refractivity (Wildman–Crippen MR) is 123 cm³/mol. The number of carbonyl (C=O) groups is 2. The molecule has 1 N–H and O–H groups in total. The smallest absolute Gasteiger partial charge is 0.254 e. The van der Waals surface area contributed by atoms with Gasteiger partial charge in [-0.15, -0.1) is 0 Å². The molecular weight excluding hydrogens is 409 g/mol. The summed E-state index contributed by atoms with van der Waals surface area (Å²) in [4.78, 5) is 26.7. The lowest BCUT2D eigenvalue weighted by Crippen LogP contribution is -2.41. The molecule has 1 atom stereocenters. The lowest BCUT2D eigenvalue weighted by atomic mass is 9.75. The number of hydrogen-bond acceptors (Lipinski definition) is 3. The molecule has 0 radical (unpaired) electrons. The van der Waals surface area contributed by atoms with Gasteiger partial charge in [0.1, 0.15) is 6.67 Å². The fourth-order valence-corrected chi connectivity index (χ4v) is 5.45. The van der Waals surface area contributed by atoms with Crippen molar-refractivity contribution in [1.82, 2.24) is 14.8 Å². The van der Waals surface area contributed by atoms with E-state index in [0.29, 0.717) is 18.0 Å². The quantitative estimate of drug-likeness (QED) is 0.715. The lowest BCUT2D eigenvalue weighted by Gasteiger charge is -2.33. The van der Waals surface area contributed by atoms with E-state index in [1.807, 2.05) is 25.1 Å². The molecule has 1 saturated heterocycles. The highest BCUT2D eigenvalue weighted by molar-refractivity contribution is 6.00. The average Bonchev–Trinajstić information content (AvgIpc) is 3.12. The summed E-state index contributed by atoms with van der Waals surface area (Å²) in [7, 11) is 2.12. The number of hydrogen-bond donors (Lipinski definition) is 1. The van der Waals surface area contributed by atoms with Crippen molar-refractivity contribution in [3.63, 3.8) is 0 Å². The van der Waals surface area contributed by atoms with Crippen LogP contribution in [0.2, 0.25) is 0 Å². The van der Waals surface area contributed by atoms with Gasteiger partial charge in [-0.25, -0.2) is 4.39 Å². The Kier molecular flexibility index (Phi) is 7.13. The highest BCUT2D eigenvalue weighted by atomic mass is 19.1. The second kappa shape index (κ2) is 10.0. The largest absolute Gasteiger partial charge is 0.381 e. The number of carbonyl (C=O) groups excluding carboxylic acids is 2. The van der Waals surface area contributed by atoms with Gasteiger partial charge in [0.25, 0.3) is 5.91 Å². The number of alkyl halides is 1. The van der Waals surface area contributed by atoms with Crippen LogP contribution in [0, 0.1) is 11.8 Å². The standard InChI is InChI=1S/C25H34FN3O3/c1-3-29(16-24(30)27-11-10-26)25(31)19-5-7-23-21(15-19)20-14-18(4-6-22(20)28(23)2)17-8-12-32-13-9-17/h5,7,15,17-18H,3-4,6,8-14,16H2,1-2H3,(H,27,30)/t18-/m1/s1. The lowest BCUT2D eigenvalue weighted by molar-refractivity contribution is -0.121. The molecule has 2 aromatic rings. The Balaban J connectivity index is 1.58. The van der Waals surface area contributed by atoms with E-state index >= 15 is 0 Å². The molecule has 2 amide bonds. The first-order valence-electron chi connectivity index (χ1n) is 11.8. The molecule has 2 heterocycles. The molecule has 6 nitrogen and oxygen atoms in total. The Morgan fingerprint density at radius 3 is 2.72 bits per heavy atom. The highest BCUT2D eigenvalue weighted by Crippen LogP contribution is 2.39. The van der Waals surface area contributed by atoms with E-state index in [-0.39, 0.29) is 24.9 Å². The number of benzene rings is 1. The van der Waals surface area contributed by atoms with Gasteiger partial charge in [0.15, 0.2) is 0 Å². The number of halogens is 1. The zero-order valence-corrected chi connectivity index (χ0v) is 19.2. The maximum Gasteiger partial charge on any atom is 0.254 e. The minimum atomic E-state index is -0.615. The molecule has 174 valence electrons. The summed E-state index contributed by atoms with van der Waals surface area (Å²) >= 11 is 0. The first-order valence-corrected chi connectivity index (χ1v) is 11.8. The van der Waals surface area contributed by atoms with Crippen LogP contribution in [0.1, 0.15) is 47.8 Å². The molecule has 1 aromatic heterocycles. The summed E-state index contributed by atoms with van der Waals surface area (Å²) < 4.78 is 20.2. The first-order chi connectivity index (χ1) is 15.5. The normalized spacial score (nSPS) is 19.0. The van der Waals surface area contributed by atoms with Crippen molar-refractivity contribution in [2.75, 3.05) is 39.5 Å². The number of aryl methyl sites for hydroxylation is 1. The Morgan fingerprint density at radius 2 is 2.00 bits per heavy atom. The van der Waals surface area contributed by atoms with E-state index in [9.17, 15) is 14.0 Å². The topological polar surface area (TPSA) is 63.6 Å². The van der Waals surface area contributed by atoms with Gasteiger partial charge < -0.3 is 19.5 Å². The van der Waals surface area contributed by atoms with Crippen molar-refractivity contribution < 1.29 is 18.7 Å². The first kappa shape index (κ1) is 22.8. The molecule has 4 rings (SSSR count). The molecule has 7 heteroatoms. The van der Waals surface area contributed by atoms with Crippen LogP contribution in [0.5, 0.6) is 0 Å². The second-order valence-corrected chi connectivity index (χ2v) is 9.03. The van der Waals surface area contributed by atoms with Crippen molar-refractivity contribution in [1.29, 1.82) is 0 Å². The van der Waals surface area contributed by atoms with Crippen LogP contribution in [-0.4, -0.2) is 60.8 Å². The maximum absolute atomic E-state index is 13.2. The fourth-order valence-electron chi connectivity index (χ4n) is 5.45. The van der Waals surface area contributed by atoms with Gasteiger partial charge in [-0.05, 0) is 74.6 Å². The summed E-state index contributed by atoms with van der Waals surface area (Å²) in [5.74, 6) is 0.882. The Bertz CT molecular complexity index is 980. The number of fused-ring (bicyclic) bond motifs is 3. The predicted octanol–water partition coefficient (Wildman–Crippen LogP) is 3.26. The average molecular weight is 444 g/mol. The van der Waals surface area contributed by atoms with Crippen LogP contribution in [-0.2, 0) is 29.4 Å². The third-order valence-corrected chi connectivity index (χ3v) is 7.25. The summed E-state index contributed by atoms with van der Waals surface area (Å²) in [5, 5.41) is 3.65. The molecule has 1 fully saturated rings. The number of nitrogens with one attached hydrogen (secondary N) is 1. The Morgan fingerprint density at radius 1 is 1.22 bits per heavy atom. The second-order valence-electron chi connectivity index (χ2n) is 9.03. The van der Waals surface area contributed by atoms with Crippen LogP contribution in [0.25, 0.3) is 10.9 Å². The van der Waals surface area contributed by atoms with Crippen LogP contribution < -0.4 is 5.32 Å². The molecule has 0 spiro atoms. The van der Waals surface area contributed by atoms with E-state index < -0.39 is 6.67 Å². The van der Waals surface area contributed by atoms with Crippen LogP contribution in [0.3, 0.4) is 0 Å². The Hall–Kier alpha value is -2.41. The van der Waals surface area contributed by atoms with Crippen molar-refractivity contribution in [3.05, 3.63) is 35.0 Å². The minimum absolute atomic E-state index is 0.0268. The summed E-state index contributed by atoms with van der Waals surface area (Å²) in [6.45, 7) is 3.30. The number of rotatable bonds is 7. The monoisotopic (exact) mass is 443 g/mol. The SMILES string of the molecule is CCN(CC(=O)NCCF)C(=O)c1ccc2c(c1)c1c(n2C)CC[C@@H](C2CCOCC2)C1. The van der Waals surface area contributed by atoms with Crippen LogP contribution in [0.4, 0.5) is 4.39 Å². The van der Waals surface area contributed by atoms with Gasteiger partial charge in [-0.3, -0.25) is 9.59 Å². The molecule has 0 bridgehead atoms. The maximum atomic E-state index is 13.2. The van der Waals surface area contributed by atoms with E-state index in [2.05, 4.69) is 16.9 Å². The summed E-state index contributed by atoms with van der Waals surface area (Å²) in [6, 6.07) is 5.89. The van der Waals surface area contributed by atoms with Gasteiger partial charge in [-0.1, -0.05) is 0 Å². The van der Waals surface area contributed by atoms with E-state index in [1.165, 1.54) is 22.6 Å². The van der Waals surface area contributed by atoms with Crippen molar-refractivity contribution in [2.45, 2.75) is 39.0 Å². The van der Waals surface area contributed by atoms with Gasteiger partial charge in [0, 0.05) is 55.5 Å². The fraction of sp³-hybridized carbons (Fsp3) is 0.600. The molecule has 0 saturated carbocycles. The van der Waals surface area contributed by atoms with Gasteiger partial charge >= 0.3 is 0 Å². The molecule has 1 aliphatic heterocycles. The van der Waals surface area contributed by atoms with Crippen LogP contribution >= 0.6 is 0 Å². The number of ether oxygens (including phenoxy) is 1. The van der Waals surface area contributed by atoms with E-state index in [4.69, 9.17) is 4.74 Å². The molecule has 1 aliphatic carbocycles. The summed E-state index contributed by atoms with van der Waals surface area (Å²) in [5.41, 5.74) is 4.51. The van der Waals surface area contributed by atoms with Crippen molar-refractivity contribution in [3.8, 4) is 0 Å². The van der Waals surface area contributed by atoms with Gasteiger partial charge in [-0.2, -0.15) is 0 Å². The number of nitrogens with zero attached hydrogens (tertiary/aromatic N) is 2. The van der Waals surface area contributed by atoms with Crippen molar-refractivity contribution >= 4 is 22.7 Å². The zero-order chi connectivity index (χ0) is 22.7. The number of likely N-dealkylation sites (N-methyl/N-ethyl adjacent to an activating group) is 1. The third-order valence-electron chi connectivity index (χ3n) is 7.25. The van der Waals surface area contributed by atoms with E-state index in [1.54, 1.807) is 0 Å². The zero-order valence-electron chi connectivity index (χ0n) is 19.2. The molecule has 1 aromatic carbocycles. The third kappa shape index (κ3) is 4.53. The highest BCUT2D eigenvalue weighted by Gasteiger charge is 2.31. The van der Waals surface area contributed by atoms with E-state index in [0.717, 1.165) is 55.7 Å². The van der Waals surface area contributed by atoms with Gasteiger partial charge in [0.05, 0.1) is 6.54 Å². The molecule has 32 heavy (non-hydrogen) atoms. The minimum Gasteiger partial charge on any atom is -0.381 e. The number of aromatic nitrogens is 1.